The van der Waals surface area contributed by atoms with Gasteiger partial charge in [0, 0.05) is 12.6 Å². The number of rotatable bonds is 4. The van der Waals surface area contributed by atoms with Crippen molar-refractivity contribution in [1.82, 2.24) is 5.32 Å². The molecule has 0 radical (unpaired) electrons. The van der Waals surface area contributed by atoms with E-state index in [1.807, 2.05) is 0 Å². The molecule has 1 unspecified atom stereocenters. The van der Waals surface area contributed by atoms with Crippen molar-refractivity contribution in [2.75, 3.05) is 6.61 Å². The smallest absolute Gasteiger partial charge is 0.252 e. The van der Waals surface area contributed by atoms with Crippen LogP contribution in [0.25, 0.3) is 0 Å². The molecule has 1 N–H and O–H groups in total. The SMILES string of the molecule is CCC1(CC)CC(NC(=O)c2cccc(F)c2Br)CCO1. The lowest BCUT2D eigenvalue weighted by atomic mass is 9.86. The van der Waals surface area contributed by atoms with Crippen LogP contribution in [0.3, 0.4) is 0 Å². The third-order valence-electron chi connectivity index (χ3n) is 4.31. The Hall–Kier alpha value is -0.940. The molecule has 1 aromatic rings. The summed E-state index contributed by atoms with van der Waals surface area (Å²) < 4.78 is 19.6. The molecule has 0 spiro atoms. The minimum Gasteiger partial charge on any atom is -0.375 e. The molecule has 3 nitrogen and oxygen atoms in total. The van der Waals surface area contributed by atoms with Crippen LogP contribution >= 0.6 is 15.9 Å². The van der Waals surface area contributed by atoms with Crippen molar-refractivity contribution < 1.29 is 13.9 Å². The molecule has 1 atom stereocenters. The standard InChI is InChI=1S/C16H21BrFNO2/c1-3-16(4-2)10-11(8-9-21-16)19-15(20)12-6-5-7-13(18)14(12)17/h5-7,11H,3-4,8-10H2,1-2H3,(H,19,20). The summed E-state index contributed by atoms with van der Waals surface area (Å²) in [4.78, 5) is 12.3. The first-order chi connectivity index (χ1) is 10.0. The third kappa shape index (κ3) is 3.64. The largest absolute Gasteiger partial charge is 0.375 e. The summed E-state index contributed by atoms with van der Waals surface area (Å²) in [5.74, 6) is -0.666. The molecule has 0 bridgehead atoms. The number of benzene rings is 1. The monoisotopic (exact) mass is 357 g/mol. The molecule has 1 aromatic carbocycles. The number of hydrogen-bond donors (Lipinski definition) is 1. The fourth-order valence-electron chi connectivity index (χ4n) is 2.84. The third-order valence-corrected chi connectivity index (χ3v) is 5.12. The van der Waals surface area contributed by atoms with E-state index in [2.05, 4.69) is 35.1 Å². The summed E-state index contributed by atoms with van der Waals surface area (Å²) in [6, 6.07) is 4.56. The van der Waals surface area contributed by atoms with Gasteiger partial charge >= 0.3 is 0 Å². The molecule has 1 heterocycles. The second-order valence-electron chi connectivity index (χ2n) is 5.50. The van der Waals surface area contributed by atoms with E-state index in [0.717, 1.165) is 25.7 Å². The van der Waals surface area contributed by atoms with Gasteiger partial charge in [-0.1, -0.05) is 19.9 Å². The molecule has 2 rings (SSSR count). The number of carbonyl (C=O) groups excluding carboxylic acids is 1. The van der Waals surface area contributed by atoms with Gasteiger partial charge in [0.05, 0.1) is 15.6 Å². The van der Waals surface area contributed by atoms with E-state index in [9.17, 15) is 9.18 Å². The average molecular weight is 358 g/mol. The molecule has 1 aliphatic heterocycles. The quantitative estimate of drug-likeness (QED) is 0.882. The van der Waals surface area contributed by atoms with E-state index in [1.165, 1.54) is 6.07 Å². The van der Waals surface area contributed by atoms with Gasteiger partial charge in [0.15, 0.2) is 0 Å². The van der Waals surface area contributed by atoms with Gasteiger partial charge in [-0.05, 0) is 53.7 Å². The predicted octanol–water partition coefficient (Wildman–Crippen LogP) is 4.06. The summed E-state index contributed by atoms with van der Waals surface area (Å²) in [6.07, 6.45) is 3.46. The van der Waals surface area contributed by atoms with Crippen molar-refractivity contribution in [1.29, 1.82) is 0 Å². The van der Waals surface area contributed by atoms with Crippen molar-refractivity contribution in [3.05, 3.63) is 34.1 Å². The van der Waals surface area contributed by atoms with Crippen molar-refractivity contribution in [2.24, 2.45) is 0 Å². The lowest BCUT2D eigenvalue weighted by Gasteiger charge is -2.40. The number of nitrogens with one attached hydrogen (secondary N) is 1. The maximum atomic E-state index is 13.5. The Morgan fingerprint density at radius 1 is 1.48 bits per heavy atom. The zero-order chi connectivity index (χ0) is 15.5. The summed E-state index contributed by atoms with van der Waals surface area (Å²) in [7, 11) is 0. The molecular formula is C16H21BrFNO2. The van der Waals surface area contributed by atoms with Crippen LogP contribution in [0, 0.1) is 5.82 Å². The van der Waals surface area contributed by atoms with Crippen molar-refractivity contribution in [3.63, 3.8) is 0 Å². The Bertz CT molecular complexity index is 517. The first kappa shape index (κ1) is 16.4. The lowest BCUT2D eigenvalue weighted by molar-refractivity contribution is -0.0917. The van der Waals surface area contributed by atoms with Crippen molar-refractivity contribution >= 4 is 21.8 Å². The van der Waals surface area contributed by atoms with Gasteiger partial charge in [0.2, 0.25) is 0 Å². The Morgan fingerprint density at radius 2 is 2.19 bits per heavy atom. The van der Waals surface area contributed by atoms with Gasteiger partial charge in [-0.2, -0.15) is 0 Å². The highest BCUT2D eigenvalue weighted by Crippen LogP contribution is 2.31. The normalized spacial score (nSPS) is 21.0. The maximum Gasteiger partial charge on any atom is 0.252 e. The lowest BCUT2D eigenvalue weighted by Crippen LogP contribution is -2.48. The van der Waals surface area contributed by atoms with Gasteiger partial charge < -0.3 is 10.1 Å². The van der Waals surface area contributed by atoms with Gasteiger partial charge in [-0.25, -0.2) is 4.39 Å². The molecule has 1 aliphatic rings. The fourth-order valence-corrected chi connectivity index (χ4v) is 3.28. The van der Waals surface area contributed by atoms with Crippen LogP contribution < -0.4 is 5.32 Å². The Labute approximate surface area is 133 Å². The van der Waals surface area contributed by atoms with E-state index in [-0.39, 0.29) is 22.0 Å². The Balaban J connectivity index is 2.07. The molecule has 0 saturated carbocycles. The molecule has 116 valence electrons. The van der Waals surface area contributed by atoms with Crippen molar-refractivity contribution in [3.8, 4) is 0 Å². The number of amides is 1. The zero-order valence-electron chi connectivity index (χ0n) is 12.4. The molecule has 1 fully saturated rings. The Morgan fingerprint density at radius 3 is 2.86 bits per heavy atom. The number of hydrogen-bond acceptors (Lipinski definition) is 2. The van der Waals surface area contributed by atoms with Crippen LogP contribution in [-0.2, 0) is 4.74 Å². The van der Waals surface area contributed by atoms with Crippen LogP contribution in [0.4, 0.5) is 4.39 Å². The predicted molar refractivity (Wildman–Crippen MR) is 83.9 cm³/mol. The zero-order valence-corrected chi connectivity index (χ0v) is 14.0. The summed E-state index contributed by atoms with van der Waals surface area (Å²) >= 11 is 3.13. The van der Waals surface area contributed by atoms with Crippen LogP contribution in [0.1, 0.15) is 49.9 Å². The highest BCUT2D eigenvalue weighted by molar-refractivity contribution is 9.10. The fraction of sp³-hybridized carbons (Fsp3) is 0.562. The van der Waals surface area contributed by atoms with E-state index < -0.39 is 5.82 Å². The number of halogens is 2. The van der Waals surface area contributed by atoms with Gasteiger partial charge in [0.1, 0.15) is 5.82 Å². The van der Waals surface area contributed by atoms with Crippen molar-refractivity contribution in [2.45, 2.75) is 51.2 Å². The summed E-state index contributed by atoms with van der Waals surface area (Å²) in [5.41, 5.74) is 0.190. The van der Waals surface area contributed by atoms with Gasteiger partial charge in [0.25, 0.3) is 5.91 Å². The van der Waals surface area contributed by atoms with Crippen LogP contribution in [-0.4, -0.2) is 24.2 Å². The van der Waals surface area contributed by atoms with Crippen LogP contribution in [0.5, 0.6) is 0 Å². The molecule has 1 amide bonds. The van der Waals surface area contributed by atoms with E-state index >= 15 is 0 Å². The molecule has 21 heavy (non-hydrogen) atoms. The molecule has 0 aliphatic carbocycles. The van der Waals surface area contributed by atoms with Gasteiger partial charge in [-0.15, -0.1) is 0 Å². The van der Waals surface area contributed by atoms with E-state index in [4.69, 9.17) is 4.74 Å². The highest BCUT2D eigenvalue weighted by atomic mass is 79.9. The summed E-state index contributed by atoms with van der Waals surface area (Å²) in [5, 5.41) is 3.01. The van der Waals surface area contributed by atoms with Crippen LogP contribution in [0.15, 0.2) is 22.7 Å². The average Bonchev–Trinajstić information content (AvgIpc) is 2.50. The first-order valence-corrected chi connectivity index (χ1v) is 8.19. The number of ether oxygens (including phenoxy) is 1. The summed E-state index contributed by atoms with van der Waals surface area (Å²) in [6.45, 7) is 4.87. The highest BCUT2D eigenvalue weighted by Gasteiger charge is 2.35. The van der Waals surface area contributed by atoms with E-state index in [1.54, 1.807) is 12.1 Å². The minimum atomic E-state index is -0.425. The Kier molecular flexibility index (Phi) is 5.38. The molecular weight excluding hydrogens is 337 g/mol. The first-order valence-electron chi connectivity index (χ1n) is 7.40. The van der Waals surface area contributed by atoms with Gasteiger partial charge in [-0.3, -0.25) is 4.79 Å². The second-order valence-corrected chi connectivity index (χ2v) is 6.30. The minimum absolute atomic E-state index is 0.0707. The van der Waals surface area contributed by atoms with Crippen LogP contribution in [0.2, 0.25) is 0 Å². The number of carbonyl (C=O) groups is 1. The topological polar surface area (TPSA) is 38.3 Å². The maximum absolute atomic E-state index is 13.5. The second kappa shape index (κ2) is 6.88. The molecule has 1 saturated heterocycles. The molecule has 5 heteroatoms. The molecule has 0 aromatic heterocycles. The van der Waals surface area contributed by atoms with E-state index in [0.29, 0.717) is 12.2 Å².